The van der Waals surface area contributed by atoms with Gasteiger partial charge in [-0.3, -0.25) is 9.59 Å². The molecule has 160 valence electrons. The third-order valence-electron chi connectivity index (χ3n) is 8.52. The van der Waals surface area contributed by atoms with Crippen molar-refractivity contribution in [2.45, 2.75) is 71.5 Å². The summed E-state index contributed by atoms with van der Waals surface area (Å²) >= 11 is 0. The van der Waals surface area contributed by atoms with Crippen LogP contribution in [0.2, 0.25) is 0 Å². The number of hydrogen-bond acceptors (Lipinski definition) is 5. The number of hydrogen-bond donors (Lipinski definition) is 2. The minimum absolute atomic E-state index is 0.0118. The highest BCUT2D eigenvalue weighted by Gasteiger charge is 2.64. The highest BCUT2D eigenvalue weighted by Crippen LogP contribution is 2.65. The van der Waals surface area contributed by atoms with Gasteiger partial charge in [0.15, 0.2) is 5.78 Å². The first-order chi connectivity index (χ1) is 13.7. The fraction of sp³-hybridized carbons (Fsp3) is 0.750. The van der Waals surface area contributed by atoms with Gasteiger partial charge in [0.1, 0.15) is 6.10 Å². The van der Waals surface area contributed by atoms with Gasteiger partial charge in [0, 0.05) is 29.8 Å². The SMILES string of the molecule is CC1CC2C3CCC4=CC(=O)C=CC4(C)C3C(O)CC2(C)C1OC(=O)CCCO. The molecule has 4 rings (SSSR count). The summed E-state index contributed by atoms with van der Waals surface area (Å²) in [4.78, 5) is 24.2. The van der Waals surface area contributed by atoms with Gasteiger partial charge in [0.2, 0.25) is 0 Å². The van der Waals surface area contributed by atoms with Gasteiger partial charge >= 0.3 is 5.97 Å². The molecule has 0 saturated heterocycles. The van der Waals surface area contributed by atoms with Crippen LogP contribution in [0.25, 0.3) is 0 Å². The second kappa shape index (κ2) is 7.35. The van der Waals surface area contributed by atoms with E-state index in [-0.39, 0.29) is 53.6 Å². The number of carbonyl (C=O) groups excluding carboxylic acids is 2. The Balaban J connectivity index is 1.61. The normalized spacial score (nSPS) is 45.8. The summed E-state index contributed by atoms with van der Waals surface area (Å²) < 4.78 is 5.94. The number of ketones is 1. The minimum Gasteiger partial charge on any atom is -0.461 e. The van der Waals surface area contributed by atoms with Crippen LogP contribution in [-0.4, -0.2) is 40.8 Å². The fourth-order valence-electron chi connectivity index (χ4n) is 7.33. The van der Waals surface area contributed by atoms with Crippen LogP contribution < -0.4 is 0 Å². The van der Waals surface area contributed by atoms with Gasteiger partial charge in [0.05, 0.1) is 6.10 Å². The van der Waals surface area contributed by atoms with E-state index in [1.165, 1.54) is 0 Å². The Morgan fingerprint density at radius 3 is 2.83 bits per heavy atom. The zero-order valence-corrected chi connectivity index (χ0v) is 17.8. The van der Waals surface area contributed by atoms with E-state index in [4.69, 9.17) is 9.84 Å². The van der Waals surface area contributed by atoms with Crippen LogP contribution in [0.1, 0.15) is 59.3 Å². The second-order valence-corrected chi connectivity index (χ2v) is 10.3. The largest absolute Gasteiger partial charge is 0.461 e. The maximum absolute atomic E-state index is 12.3. The summed E-state index contributed by atoms with van der Waals surface area (Å²) in [5.74, 6) is 0.904. The predicted molar refractivity (Wildman–Crippen MR) is 109 cm³/mol. The molecule has 2 N–H and O–H groups in total. The molecule has 5 heteroatoms. The van der Waals surface area contributed by atoms with Gasteiger partial charge in [-0.2, -0.15) is 0 Å². The van der Waals surface area contributed by atoms with Gasteiger partial charge < -0.3 is 14.9 Å². The van der Waals surface area contributed by atoms with E-state index in [2.05, 4.69) is 20.8 Å². The first-order valence-corrected chi connectivity index (χ1v) is 11.1. The van der Waals surface area contributed by atoms with Crippen LogP contribution in [0.4, 0.5) is 0 Å². The molecule has 8 atom stereocenters. The molecule has 5 nitrogen and oxygen atoms in total. The van der Waals surface area contributed by atoms with Crippen molar-refractivity contribution in [3.63, 3.8) is 0 Å². The molecule has 0 radical (unpaired) electrons. The Morgan fingerprint density at radius 1 is 1.34 bits per heavy atom. The third kappa shape index (κ3) is 3.21. The molecular weight excluding hydrogens is 368 g/mol. The van der Waals surface area contributed by atoms with E-state index < -0.39 is 6.10 Å². The van der Waals surface area contributed by atoms with E-state index in [0.29, 0.717) is 24.7 Å². The molecule has 3 fully saturated rings. The molecular formula is C24H34O5. The van der Waals surface area contributed by atoms with E-state index in [0.717, 1.165) is 24.8 Å². The lowest BCUT2D eigenvalue weighted by Crippen LogP contribution is -2.57. The van der Waals surface area contributed by atoms with Gasteiger partial charge in [-0.15, -0.1) is 0 Å². The lowest BCUT2D eigenvalue weighted by atomic mass is 9.47. The monoisotopic (exact) mass is 402 g/mol. The number of aliphatic hydroxyl groups is 2. The Labute approximate surface area is 173 Å². The van der Waals surface area contributed by atoms with Crippen LogP contribution >= 0.6 is 0 Å². The number of esters is 1. The van der Waals surface area contributed by atoms with Crippen LogP contribution in [0.3, 0.4) is 0 Å². The molecule has 0 spiro atoms. The Kier molecular flexibility index (Phi) is 5.27. The molecule has 0 bridgehead atoms. The average molecular weight is 403 g/mol. The Bertz CT molecular complexity index is 754. The summed E-state index contributed by atoms with van der Waals surface area (Å²) in [5.41, 5.74) is 0.657. The van der Waals surface area contributed by atoms with Crippen molar-refractivity contribution in [2.24, 2.45) is 34.5 Å². The number of ether oxygens (including phenoxy) is 1. The molecule has 0 heterocycles. The average Bonchev–Trinajstić information content (AvgIpc) is 2.90. The van der Waals surface area contributed by atoms with Crippen molar-refractivity contribution in [1.82, 2.24) is 0 Å². The number of rotatable bonds is 4. The lowest BCUT2D eigenvalue weighted by molar-refractivity contribution is -0.170. The summed E-state index contributed by atoms with van der Waals surface area (Å²) in [6.45, 7) is 6.51. The molecule has 29 heavy (non-hydrogen) atoms. The van der Waals surface area contributed by atoms with Gasteiger partial charge in [0.25, 0.3) is 0 Å². The number of allylic oxidation sites excluding steroid dienone is 4. The first-order valence-electron chi connectivity index (χ1n) is 11.1. The summed E-state index contributed by atoms with van der Waals surface area (Å²) in [6, 6.07) is 0. The third-order valence-corrected chi connectivity index (χ3v) is 8.52. The maximum atomic E-state index is 12.3. The van der Waals surface area contributed by atoms with Crippen LogP contribution in [0.15, 0.2) is 23.8 Å². The topological polar surface area (TPSA) is 83.8 Å². The van der Waals surface area contributed by atoms with Crippen molar-refractivity contribution in [2.75, 3.05) is 6.61 Å². The van der Waals surface area contributed by atoms with Crippen LogP contribution in [0, 0.1) is 34.5 Å². The van der Waals surface area contributed by atoms with E-state index in [1.807, 2.05) is 6.08 Å². The molecule has 0 aromatic heterocycles. The standard InChI is InChI=1S/C24H34O5/c1-14-11-18-17-7-6-15-12-16(26)8-9-23(15,2)21(17)19(27)13-24(18,3)22(14)29-20(28)5-4-10-25/h8-9,12,14,17-19,21-22,25,27H,4-7,10-11,13H2,1-3H3. The predicted octanol–water partition coefficient (Wildman–Crippen LogP) is 3.20. The van der Waals surface area contributed by atoms with Gasteiger partial charge in [-0.25, -0.2) is 0 Å². The van der Waals surface area contributed by atoms with Gasteiger partial charge in [-0.1, -0.05) is 32.4 Å². The molecule has 0 aromatic rings. The van der Waals surface area contributed by atoms with Crippen molar-refractivity contribution in [1.29, 1.82) is 0 Å². The van der Waals surface area contributed by atoms with Crippen molar-refractivity contribution >= 4 is 11.8 Å². The molecule has 4 aliphatic rings. The number of aliphatic hydroxyl groups excluding tert-OH is 2. The smallest absolute Gasteiger partial charge is 0.306 e. The number of carbonyl (C=O) groups is 2. The zero-order chi connectivity index (χ0) is 21.0. The molecule has 0 aliphatic heterocycles. The Morgan fingerprint density at radius 2 is 2.10 bits per heavy atom. The van der Waals surface area contributed by atoms with Gasteiger partial charge in [-0.05, 0) is 62.0 Å². The van der Waals surface area contributed by atoms with Crippen molar-refractivity contribution in [3.8, 4) is 0 Å². The molecule has 0 aromatic carbocycles. The molecule has 3 saturated carbocycles. The van der Waals surface area contributed by atoms with Crippen molar-refractivity contribution in [3.05, 3.63) is 23.8 Å². The summed E-state index contributed by atoms with van der Waals surface area (Å²) in [5, 5.41) is 20.3. The summed E-state index contributed by atoms with van der Waals surface area (Å²) in [6.07, 6.45) is 8.93. The molecule has 0 amide bonds. The lowest BCUT2D eigenvalue weighted by Gasteiger charge is -2.58. The molecule has 4 aliphatic carbocycles. The van der Waals surface area contributed by atoms with E-state index in [1.54, 1.807) is 12.2 Å². The summed E-state index contributed by atoms with van der Waals surface area (Å²) in [7, 11) is 0. The van der Waals surface area contributed by atoms with Crippen LogP contribution in [0.5, 0.6) is 0 Å². The quantitative estimate of drug-likeness (QED) is 0.706. The van der Waals surface area contributed by atoms with E-state index >= 15 is 0 Å². The maximum Gasteiger partial charge on any atom is 0.306 e. The van der Waals surface area contributed by atoms with Crippen LogP contribution in [-0.2, 0) is 14.3 Å². The zero-order valence-electron chi connectivity index (χ0n) is 17.8. The minimum atomic E-state index is -0.489. The highest BCUT2D eigenvalue weighted by molar-refractivity contribution is 6.01. The number of fused-ring (bicyclic) bond motifs is 5. The van der Waals surface area contributed by atoms with Crippen molar-refractivity contribution < 1.29 is 24.5 Å². The second-order valence-electron chi connectivity index (χ2n) is 10.3. The Hall–Kier alpha value is -1.46. The fourth-order valence-corrected chi connectivity index (χ4v) is 7.33. The highest BCUT2D eigenvalue weighted by atomic mass is 16.5. The molecule has 8 unspecified atom stereocenters. The first kappa shape index (κ1) is 20.8. The van der Waals surface area contributed by atoms with E-state index in [9.17, 15) is 14.7 Å².